The van der Waals surface area contributed by atoms with Crippen LogP contribution in [0.1, 0.15) is 18.4 Å². The zero-order chi connectivity index (χ0) is 10.8. The number of ether oxygens (including phenoxy) is 1. The molecule has 15 heavy (non-hydrogen) atoms. The van der Waals surface area contributed by atoms with Crippen molar-refractivity contribution in [2.75, 3.05) is 30.8 Å². The molecule has 0 amide bonds. The van der Waals surface area contributed by atoms with Gasteiger partial charge in [0.05, 0.1) is 12.8 Å². The van der Waals surface area contributed by atoms with Crippen molar-refractivity contribution in [3.8, 4) is 5.75 Å². The van der Waals surface area contributed by atoms with Crippen LogP contribution in [-0.4, -0.2) is 20.2 Å². The second kappa shape index (κ2) is 4.01. The van der Waals surface area contributed by atoms with Gasteiger partial charge in [0.15, 0.2) is 0 Å². The molecule has 0 saturated carbocycles. The van der Waals surface area contributed by atoms with Gasteiger partial charge in [0, 0.05) is 24.8 Å². The van der Waals surface area contributed by atoms with E-state index in [1.165, 1.54) is 24.1 Å². The molecule has 0 aliphatic carbocycles. The average molecular weight is 206 g/mol. The van der Waals surface area contributed by atoms with Crippen LogP contribution in [-0.2, 0) is 0 Å². The van der Waals surface area contributed by atoms with Crippen LogP contribution in [0.3, 0.4) is 0 Å². The molecule has 1 aromatic rings. The highest BCUT2D eigenvalue weighted by atomic mass is 16.5. The number of rotatable bonds is 2. The number of hydrogen-bond acceptors (Lipinski definition) is 3. The van der Waals surface area contributed by atoms with Crippen molar-refractivity contribution in [1.29, 1.82) is 0 Å². The van der Waals surface area contributed by atoms with Crippen molar-refractivity contribution in [3.63, 3.8) is 0 Å². The van der Waals surface area contributed by atoms with Crippen LogP contribution in [0, 0.1) is 6.92 Å². The van der Waals surface area contributed by atoms with Crippen LogP contribution in [0.2, 0.25) is 0 Å². The molecule has 3 heteroatoms. The van der Waals surface area contributed by atoms with Gasteiger partial charge in [0.2, 0.25) is 0 Å². The first-order valence-corrected chi connectivity index (χ1v) is 5.41. The number of methoxy groups -OCH3 is 1. The first-order chi connectivity index (χ1) is 7.22. The molecule has 3 nitrogen and oxygen atoms in total. The number of nitrogens with zero attached hydrogens (tertiary/aromatic N) is 1. The van der Waals surface area contributed by atoms with Gasteiger partial charge in [-0.2, -0.15) is 0 Å². The molecule has 2 rings (SSSR count). The summed E-state index contributed by atoms with van der Waals surface area (Å²) in [5, 5.41) is 0. The van der Waals surface area contributed by atoms with Crippen molar-refractivity contribution in [2.24, 2.45) is 0 Å². The van der Waals surface area contributed by atoms with Crippen molar-refractivity contribution in [1.82, 2.24) is 0 Å². The van der Waals surface area contributed by atoms with Crippen LogP contribution >= 0.6 is 0 Å². The number of benzene rings is 1. The molecule has 0 unspecified atom stereocenters. The maximum absolute atomic E-state index is 5.86. The molecular weight excluding hydrogens is 188 g/mol. The van der Waals surface area contributed by atoms with Gasteiger partial charge in [-0.1, -0.05) is 0 Å². The summed E-state index contributed by atoms with van der Waals surface area (Å²) in [5.74, 6) is 0.780. The van der Waals surface area contributed by atoms with Crippen LogP contribution < -0.4 is 15.4 Å². The first-order valence-electron chi connectivity index (χ1n) is 5.41. The summed E-state index contributed by atoms with van der Waals surface area (Å²) < 4.78 is 5.25. The molecule has 0 spiro atoms. The molecular formula is C12H18N2O. The van der Waals surface area contributed by atoms with Gasteiger partial charge in [-0.15, -0.1) is 0 Å². The van der Waals surface area contributed by atoms with Gasteiger partial charge in [0.1, 0.15) is 5.75 Å². The van der Waals surface area contributed by atoms with Gasteiger partial charge in [-0.3, -0.25) is 0 Å². The Morgan fingerprint density at radius 1 is 1.27 bits per heavy atom. The minimum absolute atomic E-state index is 0.720. The second-order valence-electron chi connectivity index (χ2n) is 4.07. The van der Waals surface area contributed by atoms with E-state index in [9.17, 15) is 0 Å². The third kappa shape index (κ3) is 1.87. The lowest BCUT2D eigenvalue weighted by molar-refractivity contribution is 0.417. The fourth-order valence-electron chi connectivity index (χ4n) is 2.18. The Bertz CT molecular complexity index is 357. The summed E-state index contributed by atoms with van der Waals surface area (Å²) in [6.45, 7) is 4.39. The zero-order valence-electron chi connectivity index (χ0n) is 9.42. The molecule has 2 N–H and O–H groups in total. The molecule has 1 heterocycles. The highest BCUT2D eigenvalue weighted by molar-refractivity contribution is 5.66. The minimum atomic E-state index is 0.720. The maximum atomic E-state index is 5.86. The zero-order valence-corrected chi connectivity index (χ0v) is 9.42. The highest BCUT2D eigenvalue weighted by Gasteiger charge is 2.16. The third-order valence-electron chi connectivity index (χ3n) is 3.00. The van der Waals surface area contributed by atoms with E-state index in [1.807, 2.05) is 6.07 Å². The van der Waals surface area contributed by atoms with Crippen molar-refractivity contribution < 1.29 is 4.74 Å². The number of nitrogens with two attached hydrogens (primary N) is 1. The van der Waals surface area contributed by atoms with E-state index in [-0.39, 0.29) is 0 Å². The average Bonchev–Trinajstić information content (AvgIpc) is 2.71. The van der Waals surface area contributed by atoms with Gasteiger partial charge in [-0.25, -0.2) is 0 Å². The van der Waals surface area contributed by atoms with Gasteiger partial charge in [0.25, 0.3) is 0 Å². The number of anilines is 2. The van der Waals surface area contributed by atoms with E-state index in [0.717, 1.165) is 24.5 Å². The molecule has 0 atom stereocenters. The molecule has 82 valence electrons. The fraction of sp³-hybridized carbons (Fsp3) is 0.500. The fourth-order valence-corrected chi connectivity index (χ4v) is 2.18. The van der Waals surface area contributed by atoms with Crippen LogP contribution in [0.5, 0.6) is 5.75 Å². The smallest absolute Gasteiger partial charge is 0.143 e. The standard InChI is InChI=1S/C12H18N2O/c1-9-7-10(13)12(15-2)8-11(9)14-5-3-4-6-14/h7-8H,3-6,13H2,1-2H3. The lowest BCUT2D eigenvalue weighted by Crippen LogP contribution is -2.18. The molecule has 0 aromatic heterocycles. The molecule has 1 aromatic carbocycles. The van der Waals surface area contributed by atoms with E-state index in [0.29, 0.717) is 0 Å². The van der Waals surface area contributed by atoms with E-state index in [4.69, 9.17) is 10.5 Å². The number of nitrogen functional groups attached to an aromatic ring is 1. The molecule has 0 radical (unpaired) electrons. The topological polar surface area (TPSA) is 38.5 Å². The molecule has 0 bridgehead atoms. The lowest BCUT2D eigenvalue weighted by Gasteiger charge is -2.21. The van der Waals surface area contributed by atoms with E-state index >= 15 is 0 Å². The van der Waals surface area contributed by atoms with Crippen molar-refractivity contribution in [2.45, 2.75) is 19.8 Å². The maximum Gasteiger partial charge on any atom is 0.143 e. The summed E-state index contributed by atoms with van der Waals surface area (Å²) in [5.41, 5.74) is 9.07. The van der Waals surface area contributed by atoms with Gasteiger partial charge >= 0.3 is 0 Å². The SMILES string of the molecule is COc1cc(N2CCCC2)c(C)cc1N. The van der Waals surface area contributed by atoms with Gasteiger partial charge < -0.3 is 15.4 Å². The summed E-state index contributed by atoms with van der Waals surface area (Å²) in [6, 6.07) is 4.04. The van der Waals surface area contributed by atoms with Crippen LogP contribution in [0.25, 0.3) is 0 Å². The number of aryl methyl sites for hydroxylation is 1. The summed E-state index contributed by atoms with van der Waals surface area (Å²) in [6.07, 6.45) is 2.57. The monoisotopic (exact) mass is 206 g/mol. The van der Waals surface area contributed by atoms with Crippen molar-refractivity contribution >= 4 is 11.4 Å². The Hall–Kier alpha value is -1.38. The third-order valence-corrected chi connectivity index (χ3v) is 3.00. The van der Waals surface area contributed by atoms with Crippen LogP contribution in [0.4, 0.5) is 11.4 Å². The Morgan fingerprint density at radius 2 is 1.93 bits per heavy atom. The second-order valence-corrected chi connectivity index (χ2v) is 4.07. The summed E-state index contributed by atoms with van der Waals surface area (Å²) in [4.78, 5) is 2.40. The van der Waals surface area contributed by atoms with E-state index in [2.05, 4.69) is 17.9 Å². The predicted octanol–water partition coefficient (Wildman–Crippen LogP) is 2.19. The Kier molecular flexibility index (Phi) is 2.71. The Balaban J connectivity index is 2.37. The van der Waals surface area contributed by atoms with Gasteiger partial charge in [-0.05, 0) is 31.4 Å². The van der Waals surface area contributed by atoms with Crippen LogP contribution in [0.15, 0.2) is 12.1 Å². The lowest BCUT2D eigenvalue weighted by atomic mass is 10.1. The molecule has 1 fully saturated rings. The Morgan fingerprint density at radius 3 is 2.53 bits per heavy atom. The molecule has 1 aliphatic rings. The van der Waals surface area contributed by atoms with Crippen molar-refractivity contribution in [3.05, 3.63) is 17.7 Å². The van der Waals surface area contributed by atoms with E-state index < -0.39 is 0 Å². The quantitative estimate of drug-likeness (QED) is 0.754. The molecule has 1 aliphatic heterocycles. The predicted molar refractivity (Wildman–Crippen MR) is 63.6 cm³/mol. The highest BCUT2D eigenvalue weighted by Crippen LogP contribution is 2.32. The summed E-state index contributed by atoms with van der Waals surface area (Å²) in [7, 11) is 1.66. The largest absolute Gasteiger partial charge is 0.495 e. The summed E-state index contributed by atoms with van der Waals surface area (Å²) >= 11 is 0. The molecule has 1 saturated heterocycles. The first kappa shape index (κ1) is 10.1. The normalized spacial score (nSPS) is 15.7. The van der Waals surface area contributed by atoms with E-state index in [1.54, 1.807) is 7.11 Å². The Labute approximate surface area is 90.8 Å². The number of hydrogen-bond donors (Lipinski definition) is 1. The minimum Gasteiger partial charge on any atom is -0.495 e.